The molecule has 0 aliphatic rings. The highest BCUT2D eigenvalue weighted by molar-refractivity contribution is 5.82. The Kier molecular flexibility index (Phi) is 28.1. The third-order valence-electron chi connectivity index (χ3n) is 7.44. The van der Waals surface area contributed by atoms with Crippen LogP contribution in [-0.2, 0) is 71.5 Å². The first-order chi connectivity index (χ1) is 26.1. The van der Waals surface area contributed by atoms with Crippen LogP contribution in [0, 0.1) is 0 Å². The number of Topliss-reactive ketones (excluding diaryl/α,β-unsaturated/α-hetero) is 1. The van der Waals surface area contributed by atoms with Crippen LogP contribution in [0.2, 0.25) is 0 Å². The van der Waals surface area contributed by atoms with Crippen molar-refractivity contribution in [3.63, 3.8) is 0 Å². The third-order valence-corrected chi connectivity index (χ3v) is 7.44. The van der Waals surface area contributed by atoms with Gasteiger partial charge in [0.15, 0.2) is 0 Å². The van der Waals surface area contributed by atoms with Gasteiger partial charge < -0.3 is 42.9 Å². The number of ether oxygens (including phenoxy) is 7. The van der Waals surface area contributed by atoms with E-state index in [4.69, 9.17) is 33.2 Å². The van der Waals surface area contributed by atoms with Gasteiger partial charge in [-0.25, -0.2) is 9.59 Å². The predicted octanol–water partition coefficient (Wildman–Crippen LogP) is 2.66. The Bertz CT molecular complexity index is 1250. The molecule has 0 aromatic carbocycles. The van der Waals surface area contributed by atoms with Gasteiger partial charge in [0.25, 0.3) is 0 Å². The molecule has 0 saturated heterocycles. The van der Waals surface area contributed by atoms with E-state index >= 15 is 0 Å². The number of unbranched alkanes of at least 4 members (excludes halogenated alkanes) is 1. The smallest absolute Gasteiger partial charge is 0.330 e. The van der Waals surface area contributed by atoms with Gasteiger partial charge in [-0.05, 0) is 40.7 Å². The molecule has 0 N–H and O–H groups in total. The summed E-state index contributed by atoms with van der Waals surface area (Å²) in [6.07, 6.45) is 1.67. The summed E-state index contributed by atoms with van der Waals surface area (Å²) < 4.78 is 36.2. The standard InChI is InChI=1S/C38H60N2O15/c1-8-11-18-39(19-14-35(45)51-26-29(5)53-33(43)10-3)20-15-36(46)52-27-31(7)55-38(48)17-22-40(23-24-49-34(44)13-12-28(4)41)21-16-37(47)54-30(6)25-50-32(42)9-2/h9-10,29-31H,2-3,8,11-27H2,1,4-7H3. The lowest BCUT2D eigenvalue weighted by atomic mass is 10.2. The van der Waals surface area contributed by atoms with Crippen LogP contribution in [0.3, 0.4) is 0 Å². The molecule has 55 heavy (non-hydrogen) atoms. The van der Waals surface area contributed by atoms with Crippen molar-refractivity contribution in [2.45, 2.75) is 104 Å². The fraction of sp³-hybridized carbons (Fsp3) is 0.684. The topological polar surface area (TPSA) is 208 Å². The lowest BCUT2D eigenvalue weighted by Crippen LogP contribution is -2.34. The average molecular weight is 785 g/mol. The zero-order valence-corrected chi connectivity index (χ0v) is 33.0. The van der Waals surface area contributed by atoms with E-state index in [1.165, 1.54) is 6.92 Å². The maximum absolute atomic E-state index is 12.6. The van der Waals surface area contributed by atoms with Gasteiger partial charge in [0.2, 0.25) is 0 Å². The first-order valence-electron chi connectivity index (χ1n) is 18.5. The number of ketones is 1. The lowest BCUT2D eigenvalue weighted by molar-refractivity contribution is -0.158. The second-order valence-electron chi connectivity index (χ2n) is 12.7. The molecule has 0 aliphatic heterocycles. The monoisotopic (exact) mass is 784 g/mol. The van der Waals surface area contributed by atoms with E-state index in [0.717, 1.165) is 25.0 Å². The highest BCUT2D eigenvalue weighted by Crippen LogP contribution is 2.06. The Labute approximate surface area is 323 Å². The van der Waals surface area contributed by atoms with Gasteiger partial charge >= 0.3 is 41.8 Å². The van der Waals surface area contributed by atoms with Gasteiger partial charge in [-0.15, -0.1) is 0 Å². The molecule has 17 nitrogen and oxygen atoms in total. The SMILES string of the molecule is C=CC(=O)OCC(C)OC(=O)CCN(CCOC(=O)CCC(C)=O)CCC(=O)OC(C)COC(=O)CCN(CCCC)CCC(=O)OCC(C)OC(=O)C=C. The average Bonchev–Trinajstić information content (AvgIpc) is 3.14. The molecule has 0 bridgehead atoms. The van der Waals surface area contributed by atoms with Crippen molar-refractivity contribution in [2.24, 2.45) is 0 Å². The Hall–Kier alpha value is -4.64. The second kappa shape index (κ2) is 30.7. The molecule has 17 heteroatoms. The largest absolute Gasteiger partial charge is 0.464 e. The van der Waals surface area contributed by atoms with E-state index in [2.05, 4.69) is 13.2 Å². The van der Waals surface area contributed by atoms with Crippen molar-refractivity contribution in [3.8, 4) is 0 Å². The number of esters is 7. The molecule has 3 unspecified atom stereocenters. The molecule has 3 atom stereocenters. The van der Waals surface area contributed by atoms with E-state index < -0.39 is 60.1 Å². The fourth-order valence-electron chi connectivity index (χ4n) is 4.43. The van der Waals surface area contributed by atoms with Gasteiger partial charge in [-0.1, -0.05) is 26.5 Å². The third kappa shape index (κ3) is 29.4. The van der Waals surface area contributed by atoms with Crippen LogP contribution in [-0.4, -0.2) is 141 Å². The van der Waals surface area contributed by atoms with Crippen LogP contribution < -0.4 is 0 Å². The van der Waals surface area contributed by atoms with Gasteiger partial charge in [-0.2, -0.15) is 0 Å². The molecule has 0 saturated carbocycles. The van der Waals surface area contributed by atoms with E-state index in [9.17, 15) is 38.4 Å². The predicted molar refractivity (Wildman–Crippen MR) is 197 cm³/mol. The van der Waals surface area contributed by atoms with E-state index in [1.54, 1.807) is 25.7 Å². The molecule has 0 aromatic heterocycles. The van der Waals surface area contributed by atoms with Crippen molar-refractivity contribution in [1.29, 1.82) is 0 Å². The Balaban J connectivity index is 4.84. The zero-order chi connectivity index (χ0) is 41.6. The van der Waals surface area contributed by atoms with Crippen LogP contribution in [0.5, 0.6) is 0 Å². The van der Waals surface area contributed by atoms with E-state index in [1.807, 2.05) is 11.8 Å². The molecule has 0 amide bonds. The first kappa shape index (κ1) is 50.4. The molecule has 0 heterocycles. The van der Waals surface area contributed by atoms with Crippen LogP contribution in [0.1, 0.15) is 86.0 Å². The molecule has 0 radical (unpaired) electrons. The molecular weight excluding hydrogens is 724 g/mol. The minimum atomic E-state index is -0.752. The number of hydrogen-bond donors (Lipinski definition) is 0. The summed E-state index contributed by atoms with van der Waals surface area (Å²) in [7, 11) is 0. The Morgan fingerprint density at radius 1 is 0.509 bits per heavy atom. The van der Waals surface area contributed by atoms with Crippen LogP contribution in [0.25, 0.3) is 0 Å². The summed E-state index contributed by atoms with van der Waals surface area (Å²) in [4.78, 5) is 99.0. The maximum Gasteiger partial charge on any atom is 0.330 e. The molecule has 0 fully saturated rings. The molecule has 312 valence electrons. The second-order valence-corrected chi connectivity index (χ2v) is 12.7. The van der Waals surface area contributed by atoms with Crippen molar-refractivity contribution in [2.75, 3.05) is 65.7 Å². The van der Waals surface area contributed by atoms with Crippen molar-refractivity contribution >= 4 is 47.6 Å². The van der Waals surface area contributed by atoms with Gasteiger partial charge in [0.05, 0.1) is 32.1 Å². The number of carbonyl (C=O) groups is 8. The summed E-state index contributed by atoms with van der Waals surface area (Å²) in [6.45, 7) is 16.1. The minimum Gasteiger partial charge on any atom is -0.464 e. The summed E-state index contributed by atoms with van der Waals surface area (Å²) in [5.41, 5.74) is 0. The van der Waals surface area contributed by atoms with Crippen LogP contribution >= 0.6 is 0 Å². The van der Waals surface area contributed by atoms with Gasteiger partial charge in [0.1, 0.15) is 50.5 Å². The lowest BCUT2D eigenvalue weighted by Gasteiger charge is -2.23. The summed E-state index contributed by atoms with van der Waals surface area (Å²) in [6, 6.07) is 0. The summed E-state index contributed by atoms with van der Waals surface area (Å²) in [5.74, 6) is -4.09. The summed E-state index contributed by atoms with van der Waals surface area (Å²) in [5, 5.41) is 0. The molecule has 0 rings (SSSR count). The Morgan fingerprint density at radius 2 is 0.927 bits per heavy atom. The molecule has 0 spiro atoms. The number of carbonyl (C=O) groups excluding carboxylic acids is 8. The first-order valence-corrected chi connectivity index (χ1v) is 18.5. The van der Waals surface area contributed by atoms with E-state index in [-0.39, 0.29) is 90.4 Å². The highest BCUT2D eigenvalue weighted by atomic mass is 16.6. The van der Waals surface area contributed by atoms with Gasteiger partial charge in [-0.3, -0.25) is 28.9 Å². The number of rotatable bonds is 32. The molecule has 0 aliphatic carbocycles. The quantitative estimate of drug-likeness (QED) is 0.0546. The maximum atomic E-state index is 12.6. The van der Waals surface area contributed by atoms with E-state index in [0.29, 0.717) is 19.6 Å². The van der Waals surface area contributed by atoms with Crippen molar-refractivity contribution in [3.05, 3.63) is 25.3 Å². The van der Waals surface area contributed by atoms with Crippen molar-refractivity contribution in [1.82, 2.24) is 9.80 Å². The van der Waals surface area contributed by atoms with Crippen LogP contribution in [0.15, 0.2) is 25.3 Å². The zero-order valence-electron chi connectivity index (χ0n) is 33.0. The highest BCUT2D eigenvalue weighted by Gasteiger charge is 2.19. The molecular formula is C38H60N2O15. The molecule has 0 aromatic rings. The minimum absolute atomic E-state index is 0.0451. The number of nitrogens with zero attached hydrogens (tertiary/aromatic N) is 2. The van der Waals surface area contributed by atoms with Crippen molar-refractivity contribution < 1.29 is 71.5 Å². The normalized spacial score (nSPS) is 12.4. The Morgan fingerprint density at radius 3 is 1.38 bits per heavy atom. The fourth-order valence-corrected chi connectivity index (χ4v) is 4.43. The number of hydrogen-bond acceptors (Lipinski definition) is 17. The van der Waals surface area contributed by atoms with Gasteiger partial charge in [0, 0.05) is 51.3 Å². The summed E-state index contributed by atoms with van der Waals surface area (Å²) >= 11 is 0. The van der Waals surface area contributed by atoms with Crippen LogP contribution in [0.4, 0.5) is 0 Å².